The molecule has 0 bridgehead atoms. The van der Waals surface area contributed by atoms with Crippen LogP contribution in [0.4, 0.5) is 0 Å². The van der Waals surface area contributed by atoms with E-state index in [1.807, 2.05) is 104 Å². The highest BCUT2D eigenvalue weighted by molar-refractivity contribution is 6.08. The summed E-state index contributed by atoms with van der Waals surface area (Å²) < 4.78 is 13.0. The maximum absolute atomic E-state index is 11.5. The van der Waals surface area contributed by atoms with E-state index < -0.39 is 0 Å². The summed E-state index contributed by atoms with van der Waals surface area (Å²) in [6.07, 6.45) is 0. The third-order valence-corrected chi connectivity index (χ3v) is 11.0. The van der Waals surface area contributed by atoms with E-state index in [-0.39, 0.29) is 5.75 Å². The van der Waals surface area contributed by atoms with Gasteiger partial charge in [0.2, 0.25) is 0 Å². The standard InChI is InChI=1S/C53H34N2O3/c1-32-26-39(53-51(44-19-8-10-21-49(44)58-53)37-23-24-42-41-18-7-9-20-48(41)57-50(42)31-37)30-45(54-32)35-15-11-16-36(27-35)46-28-38(33-12-3-2-4-13-33)29-47(55-46)43-25-22-34-14-5-6-17-40(34)52(43)56/h2-31,56H,1H3. The van der Waals surface area contributed by atoms with Gasteiger partial charge in [-0.05, 0) is 89.7 Å². The van der Waals surface area contributed by atoms with Crippen LogP contribution < -0.4 is 0 Å². The minimum atomic E-state index is 0.217. The van der Waals surface area contributed by atoms with Gasteiger partial charge in [-0.25, -0.2) is 4.98 Å². The molecular weight excluding hydrogens is 713 g/mol. The topological polar surface area (TPSA) is 72.3 Å². The molecule has 274 valence electrons. The van der Waals surface area contributed by atoms with Gasteiger partial charge >= 0.3 is 0 Å². The smallest absolute Gasteiger partial charge is 0.143 e. The van der Waals surface area contributed by atoms with Gasteiger partial charge in [0.05, 0.1) is 17.1 Å². The number of aromatic hydroxyl groups is 1. The molecule has 1 N–H and O–H groups in total. The molecule has 0 spiro atoms. The van der Waals surface area contributed by atoms with Crippen LogP contribution in [0.25, 0.3) is 111 Å². The first kappa shape index (κ1) is 33.6. The van der Waals surface area contributed by atoms with Crippen molar-refractivity contribution < 1.29 is 13.9 Å². The second-order valence-electron chi connectivity index (χ2n) is 14.7. The molecule has 11 rings (SSSR count). The van der Waals surface area contributed by atoms with Crippen molar-refractivity contribution in [1.29, 1.82) is 0 Å². The Morgan fingerprint density at radius 3 is 1.86 bits per heavy atom. The third kappa shape index (κ3) is 5.72. The van der Waals surface area contributed by atoms with Crippen LogP contribution in [0, 0.1) is 6.92 Å². The van der Waals surface area contributed by atoms with Gasteiger partial charge in [0, 0.05) is 55.1 Å². The lowest BCUT2D eigenvalue weighted by molar-refractivity contribution is 0.483. The molecule has 4 heterocycles. The summed E-state index contributed by atoms with van der Waals surface area (Å²) in [4.78, 5) is 10.2. The molecule has 0 unspecified atom stereocenters. The molecule has 0 aliphatic rings. The summed E-state index contributed by atoms with van der Waals surface area (Å²) in [6.45, 7) is 2.02. The molecule has 0 fully saturated rings. The van der Waals surface area contributed by atoms with E-state index in [0.29, 0.717) is 11.3 Å². The van der Waals surface area contributed by atoms with Crippen molar-refractivity contribution in [2.45, 2.75) is 6.92 Å². The van der Waals surface area contributed by atoms with E-state index in [4.69, 9.17) is 18.8 Å². The maximum Gasteiger partial charge on any atom is 0.143 e. The van der Waals surface area contributed by atoms with Crippen LogP contribution in [-0.2, 0) is 0 Å². The molecule has 0 aliphatic heterocycles. The van der Waals surface area contributed by atoms with Gasteiger partial charge in [0.15, 0.2) is 0 Å². The zero-order chi connectivity index (χ0) is 38.7. The molecule has 0 amide bonds. The van der Waals surface area contributed by atoms with Crippen LogP contribution in [0.5, 0.6) is 5.75 Å². The van der Waals surface area contributed by atoms with Crippen molar-refractivity contribution in [2.75, 3.05) is 0 Å². The number of rotatable bonds is 6. The zero-order valence-electron chi connectivity index (χ0n) is 31.5. The molecule has 0 aliphatic carbocycles. The molecule has 4 aromatic heterocycles. The monoisotopic (exact) mass is 746 g/mol. The van der Waals surface area contributed by atoms with Crippen LogP contribution in [0.1, 0.15) is 5.69 Å². The number of benzene rings is 7. The Hall–Kier alpha value is -7.76. The quantitative estimate of drug-likeness (QED) is 0.183. The molecule has 5 heteroatoms. The highest BCUT2D eigenvalue weighted by Gasteiger charge is 2.21. The van der Waals surface area contributed by atoms with Crippen LogP contribution in [0.3, 0.4) is 0 Å². The fraction of sp³-hybridized carbons (Fsp3) is 0.0189. The normalized spacial score (nSPS) is 11.6. The molecule has 0 saturated carbocycles. The Morgan fingerprint density at radius 2 is 1.03 bits per heavy atom. The van der Waals surface area contributed by atoms with E-state index in [9.17, 15) is 5.11 Å². The number of aryl methyl sites for hydroxylation is 1. The summed E-state index contributed by atoms with van der Waals surface area (Å²) in [6, 6.07) is 61.6. The summed E-state index contributed by atoms with van der Waals surface area (Å²) in [7, 11) is 0. The number of hydrogen-bond acceptors (Lipinski definition) is 5. The average molecular weight is 747 g/mol. The largest absolute Gasteiger partial charge is 0.507 e. The summed E-state index contributed by atoms with van der Waals surface area (Å²) in [5.74, 6) is 0.992. The number of pyridine rings is 2. The lowest BCUT2D eigenvalue weighted by Crippen LogP contribution is -1.94. The van der Waals surface area contributed by atoms with E-state index in [2.05, 4.69) is 84.9 Å². The number of aromatic nitrogens is 2. The Kier molecular flexibility index (Phi) is 7.79. The summed E-state index contributed by atoms with van der Waals surface area (Å²) in [5, 5.41) is 16.5. The Morgan fingerprint density at radius 1 is 0.397 bits per heavy atom. The van der Waals surface area contributed by atoms with E-state index in [1.54, 1.807) is 0 Å². The number of phenolic OH excluding ortho intramolecular Hbond substituents is 1. The van der Waals surface area contributed by atoms with Gasteiger partial charge in [-0.15, -0.1) is 0 Å². The van der Waals surface area contributed by atoms with E-state index in [0.717, 1.165) is 105 Å². The predicted octanol–water partition coefficient (Wildman–Crippen LogP) is 14.3. The van der Waals surface area contributed by atoms with Gasteiger partial charge in [-0.3, -0.25) is 4.98 Å². The molecule has 0 radical (unpaired) electrons. The predicted molar refractivity (Wildman–Crippen MR) is 236 cm³/mol. The Bertz CT molecular complexity index is 3380. The first-order valence-electron chi connectivity index (χ1n) is 19.4. The third-order valence-electron chi connectivity index (χ3n) is 11.0. The van der Waals surface area contributed by atoms with Gasteiger partial charge in [-0.2, -0.15) is 0 Å². The molecular formula is C53H34N2O3. The molecule has 0 saturated heterocycles. The van der Waals surface area contributed by atoms with E-state index >= 15 is 0 Å². The second kappa shape index (κ2) is 13.5. The van der Waals surface area contributed by atoms with Crippen molar-refractivity contribution in [3.63, 3.8) is 0 Å². The van der Waals surface area contributed by atoms with Crippen molar-refractivity contribution in [1.82, 2.24) is 9.97 Å². The lowest BCUT2D eigenvalue weighted by Gasteiger charge is -2.13. The van der Waals surface area contributed by atoms with Crippen LogP contribution in [0.2, 0.25) is 0 Å². The second-order valence-corrected chi connectivity index (χ2v) is 14.7. The molecule has 7 aromatic carbocycles. The Balaban J connectivity index is 1.04. The van der Waals surface area contributed by atoms with Crippen molar-refractivity contribution in [2.24, 2.45) is 0 Å². The summed E-state index contributed by atoms with van der Waals surface area (Å²) >= 11 is 0. The molecule has 5 nitrogen and oxygen atoms in total. The van der Waals surface area contributed by atoms with Gasteiger partial charge in [0.1, 0.15) is 28.3 Å². The van der Waals surface area contributed by atoms with Crippen LogP contribution >= 0.6 is 0 Å². The fourth-order valence-corrected chi connectivity index (χ4v) is 8.28. The number of hydrogen-bond donors (Lipinski definition) is 1. The summed E-state index contributed by atoms with van der Waals surface area (Å²) in [5.41, 5.74) is 13.3. The minimum absolute atomic E-state index is 0.217. The van der Waals surface area contributed by atoms with Crippen molar-refractivity contribution >= 4 is 43.7 Å². The molecule has 11 aromatic rings. The van der Waals surface area contributed by atoms with Crippen molar-refractivity contribution in [3.05, 3.63) is 188 Å². The van der Waals surface area contributed by atoms with E-state index in [1.165, 1.54) is 0 Å². The minimum Gasteiger partial charge on any atom is -0.507 e. The van der Waals surface area contributed by atoms with Crippen LogP contribution in [0.15, 0.2) is 191 Å². The molecule has 0 atom stereocenters. The first-order chi connectivity index (χ1) is 28.5. The number of para-hydroxylation sites is 2. The zero-order valence-corrected chi connectivity index (χ0v) is 31.5. The SMILES string of the molecule is Cc1cc(-c2oc3ccccc3c2-c2ccc3c(c2)oc2ccccc23)cc(-c2cccc(-c3cc(-c4ccccc4)cc(-c4ccc5ccccc5c4O)n3)c2)n1. The van der Waals surface area contributed by atoms with Gasteiger partial charge in [0.25, 0.3) is 0 Å². The fourth-order valence-electron chi connectivity index (χ4n) is 8.28. The first-order valence-corrected chi connectivity index (χ1v) is 19.4. The van der Waals surface area contributed by atoms with Crippen LogP contribution in [-0.4, -0.2) is 15.1 Å². The average Bonchev–Trinajstić information content (AvgIpc) is 3.85. The lowest BCUT2D eigenvalue weighted by atomic mass is 9.96. The highest BCUT2D eigenvalue weighted by atomic mass is 16.3. The number of furan rings is 2. The van der Waals surface area contributed by atoms with Crippen molar-refractivity contribution in [3.8, 4) is 73.1 Å². The number of phenols is 1. The Labute approximate surface area is 334 Å². The molecule has 58 heavy (non-hydrogen) atoms. The number of nitrogens with zero attached hydrogens (tertiary/aromatic N) is 2. The maximum atomic E-state index is 11.5. The van der Waals surface area contributed by atoms with Gasteiger partial charge in [-0.1, -0.05) is 121 Å². The number of fused-ring (bicyclic) bond motifs is 5. The highest BCUT2D eigenvalue weighted by Crippen LogP contribution is 2.44. The van der Waals surface area contributed by atoms with Gasteiger partial charge < -0.3 is 13.9 Å².